The zero-order valence-corrected chi connectivity index (χ0v) is 11.5. The number of carbonyl (C=O) groups is 1. The average molecular weight is 274 g/mol. The van der Waals surface area contributed by atoms with Gasteiger partial charge in [-0.25, -0.2) is 4.79 Å². The van der Waals surface area contributed by atoms with Gasteiger partial charge in [0.2, 0.25) is 0 Å². The van der Waals surface area contributed by atoms with E-state index in [2.05, 4.69) is 6.07 Å². The van der Waals surface area contributed by atoms with Crippen LogP contribution in [-0.2, 0) is 4.79 Å². The lowest BCUT2D eigenvalue weighted by atomic mass is 10.2. The summed E-state index contributed by atoms with van der Waals surface area (Å²) in [7, 11) is 1.94. The second kappa shape index (κ2) is 8.73. The van der Waals surface area contributed by atoms with E-state index >= 15 is 0 Å². The van der Waals surface area contributed by atoms with Crippen molar-refractivity contribution in [3.8, 4) is 11.8 Å². The van der Waals surface area contributed by atoms with Gasteiger partial charge in [-0.1, -0.05) is 12.1 Å². The second-order valence-corrected chi connectivity index (χ2v) is 4.30. The maximum atomic E-state index is 10.4. The summed E-state index contributed by atoms with van der Waals surface area (Å²) in [4.78, 5) is 12.5. The fourth-order valence-electron chi connectivity index (χ4n) is 1.55. The molecule has 0 aliphatic carbocycles. The Morgan fingerprint density at radius 1 is 1.50 bits per heavy atom. The van der Waals surface area contributed by atoms with Gasteiger partial charge in [-0.15, -0.1) is 0 Å². The zero-order chi connectivity index (χ0) is 14.8. The first kappa shape index (κ1) is 15.7. The molecule has 20 heavy (non-hydrogen) atoms. The minimum atomic E-state index is -0.976. The van der Waals surface area contributed by atoms with E-state index in [-0.39, 0.29) is 0 Å². The van der Waals surface area contributed by atoms with E-state index in [1.165, 1.54) is 6.08 Å². The molecular weight excluding hydrogens is 256 g/mol. The van der Waals surface area contributed by atoms with Gasteiger partial charge in [0.05, 0.1) is 6.07 Å². The number of benzene rings is 1. The Hall–Kier alpha value is -2.32. The van der Waals surface area contributed by atoms with Crippen LogP contribution in [0, 0.1) is 11.3 Å². The highest BCUT2D eigenvalue weighted by atomic mass is 16.5. The Labute approximate surface area is 118 Å². The quantitative estimate of drug-likeness (QED) is 0.734. The van der Waals surface area contributed by atoms with E-state index in [1.807, 2.05) is 30.1 Å². The molecule has 0 saturated carbocycles. The minimum absolute atomic E-state index is 0.506. The predicted octanol–water partition coefficient (Wildman–Crippen LogP) is 2.01. The monoisotopic (exact) mass is 274 g/mol. The van der Waals surface area contributed by atoms with Crippen LogP contribution in [0.4, 0.5) is 0 Å². The van der Waals surface area contributed by atoms with Gasteiger partial charge < -0.3 is 14.7 Å². The predicted molar refractivity (Wildman–Crippen MR) is 76.3 cm³/mol. The molecule has 5 nitrogen and oxygen atoms in total. The number of ether oxygens (including phenoxy) is 1. The molecular formula is C15H18N2O3. The van der Waals surface area contributed by atoms with Crippen LogP contribution in [0.25, 0.3) is 6.08 Å². The van der Waals surface area contributed by atoms with Gasteiger partial charge in [0.15, 0.2) is 0 Å². The molecule has 0 radical (unpaired) electrons. The van der Waals surface area contributed by atoms with Gasteiger partial charge in [-0.05, 0) is 30.8 Å². The first-order valence-corrected chi connectivity index (χ1v) is 6.31. The molecule has 0 atom stereocenters. The van der Waals surface area contributed by atoms with Crippen LogP contribution in [0.3, 0.4) is 0 Å². The Morgan fingerprint density at radius 2 is 2.30 bits per heavy atom. The lowest BCUT2D eigenvalue weighted by Crippen LogP contribution is -2.25. The van der Waals surface area contributed by atoms with Crippen LogP contribution in [0.5, 0.6) is 5.75 Å². The molecule has 0 aliphatic rings. The van der Waals surface area contributed by atoms with Crippen molar-refractivity contribution in [2.24, 2.45) is 0 Å². The van der Waals surface area contributed by atoms with Gasteiger partial charge in [-0.2, -0.15) is 5.26 Å². The largest absolute Gasteiger partial charge is 0.492 e. The molecule has 0 spiro atoms. The van der Waals surface area contributed by atoms with E-state index in [9.17, 15) is 4.79 Å². The summed E-state index contributed by atoms with van der Waals surface area (Å²) in [6.45, 7) is 1.98. The molecule has 0 amide bonds. The molecule has 1 aromatic carbocycles. The van der Waals surface area contributed by atoms with Gasteiger partial charge in [-0.3, -0.25) is 0 Å². The van der Waals surface area contributed by atoms with Crippen molar-refractivity contribution in [2.75, 3.05) is 26.7 Å². The lowest BCUT2D eigenvalue weighted by molar-refractivity contribution is -0.131. The molecule has 0 bridgehead atoms. The summed E-state index contributed by atoms with van der Waals surface area (Å²) in [6, 6.07) is 9.34. The molecule has 0 unspecified atom stereocenters. The number of rotatable bonds is 8. The molecule has 1 rings (SSSR count). The highest BCUT2D eigenvalue weighted by Gasteiger charge is 1.99. The summed E-state index contributed by atoms with van der Waals surface area (Å²) in [5.74, 6) is -0.276. The first-order chi connectivity index (χ1) is 9.61. The molecule has 0 aliphatic heterocycles. The van der Waals surface area contributed by atoms with Crippen molar-refractivity contribution in [1.29, 1.82) is 5.26 Å². The molecule has 1 aromatic rings. The molecule has 5 heteroatoms. The van der Waals surface area contributed by atoms with Crippen molar-refractivity contribution in [1.82, 2.24) is 4.90 Å². The number of nitriles is 1. The van der Waals surface area contributed by atoms with Gasteiger partial charge in [0.25, 0.3) is 0 Å². The van der Waals surface area contributed by atoms with Gasteiger partial charge in [0.1, 0.15) is 12.4 Å². The number of aliphatic carboxylic acids is 1. The van der Waals surface area contributed by atoms with E-state index in [1.54, 1.807) is 6.07 Å². The van der Waals surface area contributed by atoms with E-state index < -0.39 is 5.97 Å². The third-order valence-electron chi connectivity index (χ3n) is 2.62. The normalized spacial score (nSPS) is 10.7. The van der Waals surface area contributed by atoms with Gasteiger partial charge in [0, 0.05) is 25.6 Å². The highest BCUT2D eigenvalue weighted by molar-refractivity contribution is 5.85. The highest BCUT2D eigenvalue weighted by Crippen LogP contribution is 2.14. The summed E-state index contributed by atoms with van der Waals surface area (Å²) < 4.78 is 5.60. The second-order valence-electron chi connectivity index (χ2n) is 4.30. The fourth-order valence-corrected chi connectivity index (χ4v) is 1.55. The molecule has 0 saturated heterocycles. The van der Waals surface area contributed by atoms with E-state index in [0.717, 1.165) is 24.7 Å². The molecule has 106 valence electrons. The zero-order valence-electron chi connectivity index (χ0n) is 11.5. The van der Waals surface area contributed by atoms with Crippen LogP contribution >= 0.6 is 0 Å². The number of nitrogens with zero attached hydrogens (tertiary/aromatic N) is 2. The topological polar surface area (TPSA) is 73.6 Å². The number of likely N-dealkylation sites (N-methyl/N-ethyl adjacent to an activating group) is 1. The van der Waals surface area contributed by atoms with Crippen LogP contribution in [0.15, 0.2) is 30.3 Å². The van der Waals surface area contributed by atoms with E-state index in [0.29, 0.717) is 18.8 Å². The Bertz CT molecular complexity index is 506. The summed E-state index contributed by atoms with van der Waals surface area (Å²) in [5.41, 5.74) is 0.780. The number of hydrogen-bond acceptors (Lipinski definition) is 4. The van der Waals surface area contributed by atoms with Crippen molar-refractivity contribution < 1.29 is 14.6 Å². The maximum absolute atomic E-state index is 10.4. The summed E-state index contributed by atoms with van der Waals surface area (Å²) in [6.07, 6.45) is 3.12. The lowest BCUT2D eigenvalue weighted by Gasteiger charge is -2.15. The van der Waals surface area contributed by atoms with Gasteiger partial charge >= 0.3 is 5.97 Å². The standard InChI is InChI=1S/C15H18N2O3/c1-17(9-3-8-16)10-11-20-14-5-2-4-13(12-14)6-7-15(18)19/h2,4-7,12H,3,9-11H2,1H3,(H,18,19). The summed E-state index contributed by atoms with van der Waals surface area (Å²) >= 11 is 0. The van der Waals surface area contributed by atoms with Crippen LogP contribution in [0.1, 0.15) is 12.0 Å². The smallest absolute Gasteiger partial charge is 0.328 e. The van der Waals surface area contributed by atoms with Crippen LogP contribution in [0.2, 0.25) is 0 Å². The first-order valence-electron chi connectivity index (χ1n) is 6.31. The molecule has 0 heterocycles. The maximum Gasteiger partial charge on any atom is 0.328 e. The van der Waals surface area contributed by atoms with Crippen molar-refractivity contribution in [3.05, 3.63) is 35.9 Å². The number of carboxylic acids is 1. The minimum Gasteiger partial charge on any atom is -0.492 e. The average Bonchev–Trinajstić information content (AvgIpc) is 2.43. The fraction of sp³-hybridized carbons (Fsp3) is 0.333. The Morgan fingerprint density at radius 3 is 3.00 bits per heavy atom. The Balaban J connectivity index is 2.43. The van der Waals surface area contributed by atoms with E-state index in [4.69, 9.17) is 15.1 Å². The number of carboxylic acid groups (broad SMARTS) is 1. The molecule has 0 aromatic heterocycles. The Kier molecular flexibility index (Phi) is 6.87. The van der Waals surface area contributed by atoms with Crippen LogP contribution in [-0.4, -0.2) is 42.7 Å². The van der Waals surface area contributed by atoms with Crippen LogP contribution < -0.4 is 4.74 Å². The van der Waals surface area contributed by atoms with Crippen molar-refractivity contribution in [3.63, 3.8) is 0 Å². The third kappa shape index (κ3) is 6.57. The summed E-state index contributed by atoms with van der Waals surface area (Å²) in [5, 5.41) is 17.1. The molecule has 1 N–H and O–H groups in total. The van der Waals surface area contributed by atoms with Crippen molar-refractivity contribution in [2.45, 2.75) is 6.42 Å². The molecule has 0 fully saturated rings. The number of hydrogen-bond donors (Lipinski definition) is 1. The van der Waals surface area contributed by atoms with Crippen molar-refractivity contribution >= 4 is 12.0 Å². The third-order valence-corrected chi connectivity index (χ3v) is 2.62. The SMILES string of the molecule is CN(CCC#N)CCOc1cccc(C=CC(=O)O)c1.